The molecule has 19 heavy (non-hydrogen) atoms. The van der Waals surface area contributed by atoms with Gasteiger partial charge in [0.2, 0.25) is 0 Å². The van der Waals surface area contributed by atoms with Crippen molar-refractivity contribution in [2.24, 2.45) is 5.73 Å². The van der Waals surface area contributed by atoms with Crippen LogP contribution >= 0.6 is 0 Å². The zero-order valence-corrected chi connectivity index (χ0v) is 12.0. The van der Waals surface area contributed by atoms with Gasteiger partial charge < -0.3 is 5.73 Å². The van der Waals surface area contributed by atoms with E-state index in [0.29, 0.717) is 12.1 Å². The number of rotatable bonds is 4. The van der Waals surface area contributed by atoms with Gasteiger partial charge in [0, 0.05) is 23.7 Å². The van der Waals surface area contributed by atoms with Gasteiger partial charge in [0.25, 0.3) is 0 Å². The van der Waals surface area contributed by atoms with E-state index < -0.39 is 0 Å². The van der Waals surface area contributed by atoms with Crippen LogP contribution in [-0.2, 0) is 0 Å². The lowest BCUT2D eigenvalue weighted by Crippen LogP contribution is -2.42. The highest BCUT2D eigenvalue weighted by molar-refractivity contribution is 5.21. The number of halogens is 1. The van der Waals surface area contributed by atoms with Crippen molar-refractivity contribution in [1.29, 1.82) is 0 Å². The molecule has 0 saturated heterocycles. The maximum absolute atomic E-state index is 13.9. The highest BCUT2D eigenvalue weighted by Crippen LogP contribution is 2.30. The molecule has 0 aromatic heterocycles. The van der Waals surface area contributed by atoms with Crippen LogP contribution in [0, 0.1) is 5.82 Å². The first-order valence-corrected chi connectivity index (χ1v) is 7.39. The lowest BCUT2D eigenvalue weighted by Gasteiger charge is -2.39. The fourth-order valence-electron chi connectivity index (χ4n) is 3.27. The fourth-order valence-corrected chi connectivity index (χ4v) is 3.27. The van der Waals surface area contributed by atoms with Crippen molar-refractivity contribution < 1.29 is 4.39 Å². The van der Waals surface area contributed by atoms with Gasteiger partial charge in [-0.15, -0.1) is 0 Å². The Morgan fingerprint density at radius 2 is 1.89 bits per heavy atom. The molecular formula is C16H25FN2. The molecule has 1 unspecified atom stereocenters. The summed E-state index contributed by atoms with van der Waals surface area (Å²) in [5, 5.41) is 0. The number of hydrogen-bond donors (Lipinski definition) is 1. The van der Waals surface area contributed by atoms with Crippen LogP contribution in [-0.4, -0.2) is 23.5 Å². The first-order chi connectivity index (χ1) is 9.13. The second kappa shape index (κ2) is 6.49. The van der Waals surface area contributed by atoms with E-state index in [9.17, 15) is 4.39 Å². The molecule has 0 aliphatic heterocycles. The topological polar surface area (TPSA) is 29.3 Å². The number of hydrogen-bond acceptors (Lipinski definition) is 2. The van der Waals surface area contributed by atoms with Crippen molar-refractivity contribution in [2.75, 3.05) is 6.54 Å². The zero-order valence-electron chi connectivity index (χ0n) is 12.0. The van der Waals surface area contributed by atoms with Crippen molar-refractivity contribution in [3.63, 3.8) is 0 Å². The molecule has 2 nitrogen and oxygen atoms in total. The molecule has 1 aromatic rings. The largest absolute Gasteiger partial charge is 0.328 e. The highest BCUT2D eigenvalue weighted by atomic mass is 19.1. The molecule has 1 aliphatic rings. The second-order valence-corrected chi connectivity index (χ2v) is 5.60. The molecule has 0 heterocycles. The summed E-state index contributed by atoms with van der Waals surface area (Å²) in [7, 11) is 0. The van der Waals surface area contributed by atoms with E-state index in [1.54, 1.807) is 12.1 Å². The fraction of sp³-hybridized carbons (Fsp3) is 0.625. The summed E-state index contributed by atoms with van der Waals surface area (Å²) in [4.78, 5) is 2.42. The Kier molecular flexibility index (Phi) is 4.94. The van der Waals surface area contributed by atoms with E-state index in [-0.39, 0.29) is 11.9 Å². The summed E-state index contributed by atoms with van der Waals surface area (Å²) in [6.07, 6.45) is 4.44. The normalized spacial score (nSPS) is 25.5. The molecule has 0 bridgehead atoms. The van der Waals surface area contributed by atoms with E-state index in [0.717, 1.165) is 37.8 Å². The van der Waals surface area contributed by atoms with Crippen LogP contribution in [0.15, 0.2) is 24.3 Å². The Morgan fingerprint density at radius 3 is 2.47 bits per heavy atom. The number of nitrogens with zero attached hydrogens (tertiary/aromatic N) is 1. The first kappa shape index (κ1) is 14.5. The minimum atomic E-state index is -0.0963. The van der Waals surface area contributed by atoms with Crippen LogP contribution in [0.3, 0.4) is 0 Å². The minimum Gasteiger partial charge on any atom is -0.328 e. The second-order valence-electron chi connectivity index (χ2n) is 5.60. The average molecular weight is 264 g/mol. The van der Waals surface area contributed by atoms with Crippen molar-refractivity contribution in [2.45, 2.75) is 57.7 Å². The predicted octanol–water partition coefficient (Wildman–Crippen LogP) is 3.48. The molecule has 1 aromatic carbocycles. The summed E-state index contributed by atoms with van der Waals surface area (Å²) in [6.45, 7) is 5.22. The van der Waals surface area contributed by atoms with Crippen LogP contribution < -0.4 is 5.73 Å². The minimum absolute atomic E-state index is 0.0963. The molecule has 2 N–H and O–H groups in total. The van der Waals surface area contributed by atoms with Crippen molar-refractivity contribution in [1.82, 2.24) is 4.90 Å². The summed E-state index contributed by atoms with van der Waals surface area (Å²) in [5.41, 5.74) is 6.78. The van der Waals surface area contributed by atoms with Gasteiger partial charge in [-0.25, -0.2) is 4.39 Å². The van der Waals surface area contributed by atoms with E-state index in [2.05, 4.69) is 18.7 Å². The van der Waals surface area contributed by atoms with Crippen LogP contribution in [0.5, 0.6) is 0 Å². The smallest absolute Gasteiger partial charge is 0.127 e. The molecule has 2 rings (SSSR count). The average Bonchev–Trinajstić information content (AvgIpc) is 2.42. The molecule has 106 valence electrons. The Labute approximate surface area is 115 Å². The van der Waals surface area contributed by atoms with Crippen molar-refractivity contribution >= 4 is 0 Å². The third-order valence-electron chi connectivity index (χ3n) is 4.43. The number of benzene rings is 1. The van der Waals surface area contributed by atoms with Crippen LogP contribution in [0.25, 0.3) is 0 Å². The lowest BCUT2D eigenvalue weighted by atomic mass is 9.89. The van der Waals surface area contributed by atoms with Gasteiger partial charge in [-0.2, -0.15) is 0 Å². The van der Waals surface area contributed by atoms with Gasteiger partial charge in [-0.05, 0) is 45.2 Å². The molecule has 0 spiro atoms. The number of nitrogens with two attached hydrogens (primary N) is 1. The highest BCUT2D eigenvalue weighted by Gasteiger charge is 2.27. The standard InChI is InChI=1S/C16H25FN2/c1-3-19(14-10-8-13(18)9-11-14)12(2)15-6-4-5-7-16(15)17/h4-7,12-14H,3,8-11,18H2,1-2H3. The Balaban J connectivity index is 2.11. The quantitative estimate of drug-likeness (QED) is 0.902. The third kappa shape index (κ3) is 3.34. The van der Waals surface area contributed by atoms with Gasteiger partial charge in [0.15, 0.2) is 0 Å². The molecular weight excluding hydrogens is 239 g/mol. The monoisotopic (exact) mass is 264 g/mol. The van der Waals surface area contributed by atoms with Crippen LogP contribution in [0.1, 0.15) is 51.1 Å². The third-order valence-corrected chi connectivity index (χ3v) is 4.43. The van der Waals surface area contributed by atoms with Gasteiger partial charge in [-0.3, -0.25) is 4.90 Å². The van der Waals surface area contributed by atoms with Gasteiger partial charge >= 0.3 is 0 Å². The maximum atomic E-state index is 13.9. The van der Waals surface area contributed by atoms with Crippen molar-refractivity contribution in [3.05, 3.63) is 35.6 Å². The molecule has 0 amide bonds. The van der Waals surface area contributed by atoms with E-state index in [1.165, 1.54) is 0 Å². The zero-order chi connectivity index (χ0) is 13.8. The van der Waals surface area contributed by atoms with Crippen molar-refractivity contribution in [3.8, 4) is 0 Å². The molecule has 1 atom stereocenters. The summed E-state index contributed by atoms with van der Waals surface area (Å²) >= 11 is 0. The Bertz CT molecular complexity index is 399. The molecule has 3 heteroatoms. The van der Waals surface area contributed by atoms with E-state index in [1.807, 2.05) is 12.1 Å². The SMILES string of the molecule is CCN(C1CCC(N)CC1)C(C)c1ccccc1F. The maximum Gasteiger partial charge on any atom is 0.127 e. The Morgan fingerprint density at radius 1 is 1.26 bits per heavy atom. The van der Waals surface area contributed by atoms with E-state index in [4.69, 9.17) is 5.73 Å². The molecule has 1 saturated carbocycles. The predicted molar refractivity (Wildman–Crippen MR) is 77.4 cm³/mol. The van der Waals surface area contributed by atoms with Crippen LogP contribution in [0.4, 0.5) is 4.39 Å². The van der Waals surface area contributed by atoms with Gasteiger partial charge in [0.05, 0.1) is 0 Å². The lowest BCUT2D eigenvalue weighted by molar-refractivity contribution is 0.112. The first-order valence-electron chi connectivity index (χ1n) is 7.39. The summed E-state index contributed by atoms with van der Waals surface area (Å²) in [6, 6.07) is 8.15. The molecule has 1 fully saturated rings. The van der Waals surface area contributed by atoms with Crippen LogP contribution in [0.2, 0.25) is 0 Å². The molecule has 0 radical (unpaired) electrons. The summed E-state index contributed by atoms with van der Waals surface area (Å²) < 4.78 is 13.9. The Hall–Kier alpha value is -0.930. The van der Waals surface area contributed by atoms with E-state index >= 15 is 0 Å². The molecule has 1 aliphatic carbocycles. The van der Waals surface area contributed by atoms with Gasteiger partial charge in [0.1, 0.15) is 5.82 Å². The van der Waals surface area contributed by atoms with Gasteiger partial charge in [-0.1, -0.05) is 25.1 Å². The summed E-state index contributed by atoms with van der Waals surface area (Å²) in [5.74, 6) is -0.0963.